The van der Waals surface area contributed by atoms with Crippen LogP contribution in [0.5, 0.6) is 0 Å². The molecule has 18 heavy (non-hydrogen) atoms. The van der Waals surface area contributed by atoms with Crippen molar-refractivity contribution in [2.24, 2.45) is 0 Å². The molecule has 3 amide bonds. The number of hydrogen-bond acceptors (Lipinski definition) is 4. The standard InChI is InChI=1S/C12H11N3O2S/c13-6-9-7-15(9)12(17)14-11(16)8-18-10-4-2-1-3-5-10/h1-5,9H,7-8H2,(H,14,16,17). The fraction of sp³-hybridized carbons (Fsp3) is 0.250. The second kappa shape index (κ2) is 5.56. The average Bonchev–Trinajstić information content (AvgIpc) is 3.17. The second-order valence-corrected chi connectivity index (χ2v) is 4.80. The lowest BCUT2D eigenvalue weighted by Crippen LogP contribution is -2.36. The summed E-state index contributed by atoms with van der Waals surface area (Å²) in [5.74, 6) is -0.168. The number of nitrogens with one attached hydrogen (secondary N) is 1. The molecule has 2 rings (SSSR count). The van der Waals surface area contributed by atoms with E-state index in [1.807, 2.05) is 36.4 Å². The number of carbonyl (C=O) groups is 2. The zero-order chi connectivity index (χ0) is 13.0. The molecule has 1 heterocycles. The van der Waals surface area contributed by atoms with Gasteiger partial charge in [-0.15, -0.1) is 11.8 Å². The van der Waals surface area contributed by atoms with E-state index in [-0.39, 0.29) is 17.7 Å². The molecule has 1 aromatic carbocycles. The minimum Gasteiger partial charge on any atom is -0.303 e. The third kappa shape index (κ3) is 3.25. The van der Waals surface area contributed by atoms with E-state index in [0.29, 0.717) is 6.54 Å². The Bertz CT molecular complexity index is 498. The Morgan fingerprint density at radius 1 is 1.44 bits per heavy atom. The van der Waals surface area contributed by atoms with Gasteiger partial charge in [0, 0.05) is 4.90 Å². The summed E-state index contributed by atoms with van der Waals surface area (Å²) in [6, 6.07) is 10.6. The molecule has 5 nitrogen and oxygen atoms in total. The van der Waals surface area contributed by atoms with Gasteiger partial charge in [-0.05, 0) is 12.1 Å². The van der Waals surface area contributed by atoms with E-state index < -0.39 is 6.03 Å². The lowest BCUT2D eigenvalue weighted by Gasteiger charge is -2.04. The highest BCUT2D eigenvalue weighted by atomic mass is 32.2. The van der Waals surface area contributed by atoms with Gasteiger partial charge in [0.2, 0.25) is 5.91 Å². The summed E-state index contributed by atoms with van der Waals surface area (Å²) < 4.78 is 0. The van der Waals surface area contributed by atoms with Gasteiger partial charge in [0.15, 0.2) is 0 Å². The second-order valence-electron chi connectivity index (χ2n) is 3.75. The number of urea groups is 1. The first-order chi connectivity index (χ1) is 8.70. The van der Waals surface area contributed by atoms with Crippen molar-refractivity contribution in [2.75, 3.05) is 12.3 Å². The first-order valence-corrected chi connectivity index (χ1v) is 6.37. The Balaban J connectivity index is 1.73. The molecule has 0 aliphatic carbocycles. The molecule has 1 atom stereocenters. The smallest absolute Gasteiger partial charge is 0.303 e. The lowest BCUT2D eigenvalue weighted by atomic mass is 10.4. The molecule has 0 spiro atoms. The molecule has 92 valence electrons. The number of benzene rings is 1. The monoisotopic (exact) mass is 261 g/mol. The van der Waals surface area contributed by atoms with E-state index in [1.54, 1.807) is 0 Å². The van der Waals surface area contributed by atoms with Crippen molar-refractivity contribution in [1.29, 1.82) is 5.26 Å². The quantitative estimate of drug-likeness (QED) is 0.656. The van der Waals surface area contributed by atoms with Crippen LogP contribution in [0.4, 0.5) is 4.79 Å². The van der Waals surface area contributed by atoms with Crippen molar-refractivity contribution in [1.82, 2.24) is 10.2 Å². The summed E-state index contributed by atoms with van der Waals surface area (Å²) in [7, 11) is 0. The molecule has 1 N–H and O–H groups in total. The zero-order valence-corrected chi connectivity index (χ0v) is 10.3. The van der Waals surface area contributed by atoms with Crippen LogP contribution in [0.1, 0.15) is 0 Å². The predicted octanol–water partition coefficient (Wildman–Crippen LogP) is 1.22. The van der Waals surface area contributed by atoms with Crippen LogP contribution in [0.25, 0.3) is 0 Å². The Morgan fingerprint density at radius 2 is 2.17 bits per heavy atom. The van der Waals surface area contributed by atoms with Crippen molar-refractivity contribution in [3.63, 3.8) is 0 Å². The number of imide groups is 1. The van der Waals surface area contributed by atoms with Gasteiger partial charge in [-0.2, -0.15) is 5.26 Å². The topological polar surface area (TPSA) is 73.0 Å². The summed E-state index contributed by atoms with van der Waals surface area (Å²) in [4.78, 5) is 25.2. The van der Waals surface area contributed by atoms with Crippen LogP contribution in [0.2, 0.25) is 0 Å². The molecule has 0 radical (unpaired) electrons. The summed E-state index contributed by atoms with van der Waals surface area (Å²) >= 11 is 1.36. The third-order valence-corrected chi connectivity index (χ3v) is 3.39. The number of nitriles is 1. The molecule has 1 saturated heterocycles. The Kier molecular flexibility index (Phi) is 3.85. The molecule has 1 fully saturated rings. The number of amides is 3. The van der Waals surface area contributed by atoms with Crippen LogP contribution in [0.15, 0.2) is 35.2 Å². The Morgan fingerprint density at radius 3 is 2.78 bits per heavy atom. The highest BCUT2D eigenvalue weighted by molar-refractivity contribution is 8.00. The van der Waals surface area contributed by atoms with Gasteiger partial charge in [0.05, 0.1) is 18.4 Å². The SMILES string of the molecule is N#CC1CN1C(=O)NC(=O)CSc1ccccc1. The fourth-order valence-corrected chi connectivity index (χ4v) is 2.09. The fourth-order valence-electron chi connectivity index (χ4n) is 1.37. The van der Waals surface area contributed by atoms with Crippen molar-refractivity contribution in [3.05, 3.63) is 30.3 Å². The molecule has 1 aliphatic rings. The van der Waals surface area contributed by atoms with Gasteiger partial charge in [0.25, 0.3) is 0 Å². The first-order valence-electron chi connectivity index (χ1n) is 5.38. The van der Waals surface area contributed by atoms with Crippen LogP contribution in [-0.2, 0) is 4.79 Å². The highest BCUT2D eigenvalue weighted by Crippen LogP contribution is 2.17. The predicted molar refractivity (Wildman–Crippen MR) is 66.8 cm³/mol. The minimum atomic E-state index is -0.486. The Hall–Kier alpha value is -2.00. The zero-order valence-electron chi connectivity index (χ0n) is 9.50. The first kappa shape index (κ1) is 12.5. The van der Waals surface area contributed by atoms with Crippen molar-refractivity contribution in [2.45, 2.75) is 10.9 Å². The van der Waals surface area contributed by atoms with Crippen LogP contribution in [0, 0.1) is 11.3 Å². The largest absolute Gasteiger partial charge is 0.325 e. The van der Waals surface area contributed by atoms with Gasteiger partial charge in [0.1, 0.15) is 6.04 Å². The Labute approximate surface area is 109 Å². The summed E-state index contributed by atoms with van der Waals surface area (Å²) in [6.07, 6.45) is 0. The van der Waals surface area contributed by atoms with Crippen molar-refractivity contribution in [3.8, 4) is 6.07 Å². The van der Waals surface area contributed by atoms with E-state index in [0.717, 1.165) is 4.90 Å². The third-order valence-electron chi connectivity index (χ3n) is 2.38. The minimum absolute atomic E-state index is 0.181. The number of thioether (sulfide) groups is 1. The van der Waals surface area contributed by atoms with Crippen LogP contribution >= 0.6 is 11.8 Å². The van der Waals surface area contributed by atoms with Crippen LogP contribution in [0.3, 0.4) is 0 Å². The molecule has 0 bridgehead atoms. The highest BCUT2D eigenvalue weighted by Gasteiger charge is 2.39. The van der Waals surface area contributed by atoms with Crippen LogP contribution in [-0.4, -0.2) is 35.2 Å². The van der Waals surface area contributed by atoms with E-state index in [2.05, 4.69) is 5.32 Å². The number of nitrogens with zero attached hydrogens (tertiary/aromatic N) is 2. The van der Waals surface area contributed by atoms with Gasteiger partial charge in [-0.25, -0.2) is 4.79 Å². The van der Waals surface area contributed by atoms with E-state index >= 15 is 0 Å². The molecule has 1 aliphatic heterocycles. The van der Waals surface area contributed by atoms with E-state index in [4.69, 9.17) is 5.26 Å². The van der Waals surface area contributed by atoms with Crippen LogP contribution < -0.4 is 5.32 Å². The van der Waals surface area contributed by atoms with Gasteiger partial charge < -0.3 is 4.90 Å². The summed E-state index contributed by atoms with van der Waals surface area (Å²) in [5.41, 5.74) is 0. The number of hydrogen-bond donors (Lipinski definition) is 1. The maximum atomic E-state index is 11.5. The van der Waals surface area contributed by atoms with Gasteiger partial charge in [-0.1, -0.05) is 18.2 Å². The molecular formula is C12H11N3O2S. The van der Waals surface area contributed by atoms with Crippen molar-refractivity contribution < 1.29 is 9.59 Å². The summed E-state index contributed by atoms with van der Waals surface area (Å²) in [6.45, 7) is 0.404. The maximum absolute atomic E-state index is 11.5. The molecule has 1 unspecified atom stereocenters. The molecule has 6 heteroatoms. The number of rotatable bonds is 3. The van der Waals surface area contributed by atoms with E-state index in [9.17, 15) is 9.59 Å². The lowest BCUT2D eigenvalue weighted by molar-refractivity contribution is -0.117. The molecule has 0 aromatic heterocycles. The normalized spacial score (nSPS) is 16.8. The molecule has 0 saturated carbocycles. The average molecular weight is 261 g/mol. The molecular weight excluding hydrogens is 250 g/mol. The maximum Gasteiger partial charge on any atom is 0.325 e. The molecule has 1 aromatic rings. The van der Waals surface area contributed by atoms with Crippen molar-refractivity contribution >= 4 is 23.7 Å². The van der Waals surface area contributed by atoms with Gasteiger partial charge in [-0.3, -0.25) is 10.1 Å². The van der Waals surface area contributed by atoms with E-state index in [1.165, 1.54) is 16.7 Å². The summed E-state index contributed by atoms with van der Waals surface area (Å²) in [5, 5.41) is 10.8. The number of carbonyl (C=O) groups excluding carboxylic acids is 2. The van der Waals surface area contributed by atoms with Gasteiger partial charge >= 0.3 is 6.03 Å².